The maximum absolute atomic E-state index is 12.0. The molecule has 1 amide bonds. The number of aryl methyl sites for hydroxylation is 2. The smallest absolute Gasteiger partial charge is 0.223 e. The van der Waals surface area contributed by atoms with E-state index in [-0.39, 0.29) is 11.8 Å². The highest BCUT2D eigenvalue weighted by molar-refractivity contribution is 7.16. The van der Waals surface area contributed by atoms with E-state index in [9.17, 15) is 4.79 Å². The molecule has 19 heavy (non-hydrogen) atoms. The van der Waals surface area contributed by atoms with Gasteiger partial charge in [0, 0.05) is 5.92 Å². The van der Waals surface area contributed by atoms with E-state index in [1.54, 1.807) is 11.3 Å². The van der Waals surface area contributed by atoms with Crippen molar-refractivity contribution in [1.82, 2.24) is 19.9 Å². The first-order valence-corrected chi connectivity index (χ1v) is 7.56. The summed E-state index contributed by atoms with van der Waals surface area (Å²) < 4.78 is 1.85. The Morgan fingerprint density at radius 1 is 1.42 bits per heavy atom. The third kappa shape index (κ3) is 2.36. The number of nitrogens with zero attached hydrogens (tertiary/aromatic N) is 3. The first-order valence-electron chi connectivity index (χ1n) is 6.74. The molecule has 0 aromatic carbocycles. The molecule has 1 aliphatic carbocycles. The summed E-state index contributed by atoms with van der Waals surface area (Å²) >= 11 is 1.57. The van der Waals surface area contributed by atoms with Crippen molar-refractivity contribution in [2.45, 2.75) is 46.1 Å². The minimum Gasteiger partial charge on any atom is -0.350 e. The lowest BCUT2D eigenvalue weighted by Crippen LogP contribution is -2.29. The number of imidazole rings is 1. The molecule has 0 aliphatic heterocycles. The lowest BCUT2D eigenvalue weighted by atomic mass is 10.1. The van der Waals surface area contributed by atoms with Gasteiger partial charge in [0.05, 0.1) is 17.9 Å². The second kappa shape index (κ2) is 4.92. The summed E-state index contributed by atoms with van der Waals surface area (Å²) in [5.41, 5.74) is 1.94. The molecular weight excluding hydrogens is 260 g/mol. The van der Waals surface area contributed by atoms with Crippen LogP contribution in [-0.2, 0) is 11.3 Å². The highest BCUT2D eigenvalue weighted by Crippen LogP contribution is 2.25. The number of amides is 1. The number of rotatable bonds is 3. The van der Waals surface area contributed by atoms with Gasteiger partial charge in [-0.1, -0.05) is 24.2 Å². The van der Waals surface area contributed by atoms with Crippen LogP contribution in [0.1, 0.15) is 42.1 Å². The largest absolute Gasteiger partial charge is 0.350 e. The van der Waals surface area contributed by atoms with Gasteiger partial charge in [-0.05, 0) is 26.7 Å². The molecule has 3 rings (SSSR count). The maximum atomic E-state index is 12.0. The van der Waals surface area contributed by atoms with Crippen molar-refractivity contribution in [3.63, 3.8) is 0 Å². The van der Waals surface area contributed by atoms with Gasteiger partial charge in [-0.2, -0.15) is 5.10 Å². The van der Waals surface area contributed by atoms with Crippen molar-refractivity contribution >= 4 is 22.2 Å². The predicted molar refractivity (Wildman–Crippen MR) is 74.1 cm³/mol. The third-order valence-electron chi connectivity index (χ3n) is 3.75. The van der Waals surface area contributed by atoms with Crippen LogP contribution in [-0.4, -0.2) is 20.5 Å². The van der Waals surface area contributed by atoms with Crippen LogP contribution in [0, 0.1) is 19.8 Å². The third-order valence-corrected chi connectivity index (χ3v) is 4.58. The molecule has 0 bridgehead atoms. The zero-order chi connectivity index (χ0) is 13.4. The van der Waals surface area contributed by atoms with Crippen molar-refractivity contribution in [1.29, 1.82) is 0 Å². The molecule has 2 heterocycles. The van der Waals surface area contributed by atoms with Gasteiger partial charge in [0.15, 0.2) is 0 Å². The second-order valence-corrected chi connectivity index (χ2v) is 6.32. The number of aromatic nitrogens is 3. The average Bonchev–Trinajstić information content (AvgIpc) is 3.03. The van der Waals surface area contributed by atoms with Gasteiger partial charge in [0.2, 0.25) is 10.9 Å². The Bertz CT molecular complexity index is 609. The first kappa shape index (κ1) is 12.6. The fourth-order valence-electron chi connectivity index (χ4n) is 2.69. The topological polar surface area (TPSA) is 59.3 Å². The van der Waals surface area contributed by atoms with Crippen molar-refractivity contribution < 1.29 is 4.79 Å². The minimum absolute atomic E-state index is 0.179. The Morgan fingerprint density at radius 2 is 2.16 bits per heavy atom. The molecular formula is C13H18N4OS. The van der Waals surface area contributed by atoms with E-state index in [4.69, 9.17) is 0 Å². The molecule has 1 aliphatic rings. The Balaban J connectivity index is 1.73. The molecule has 0 unspecified atom stereocenters. The first-order chi connectivity index (χ1) is 9.15. The molecule has 0 saturated heterocycles. The fourth-order valence-corrected chi connectivity index (χ4v) is 3.50. The molecule has 0 atom stereocenters. The molecule has 5 nitrogen and oxygen atoms in total. The van der Waals surface area contributed by atoms with Gasteiger partial charge >= 0.3 is 0 Å². The summed E-state index contributed by atoms with van der Waals surface area (Å²) in [4.78, 5) is 17.4. The van der Waals surface area contributed by atoms with E-state index in [1.165, 1.54) is 12.8 Å². The summed E-state index contributed by atoms with van der Waals surface area (Å²) in [5, 5.41) is 8.46. The molecule has 102 valence electrons. The molecule has 0 radical (unpaired) electrons. The van der Waals surface area contributed by atoms with Crippen LogP contribution in [0.5, 0.6) is 0 Å². The van der Waals surface area contributed by atoms with Gasteiger partial charge in [0.1, 0.15) is 5.01 Å². The van der Waals surface area contributed by atoms with Gasteiger partial charge in [-0.15, -0.1) is 0 Å². The molecule has 1 fully saturated rings. The normalized spacial score (nSPS) is 16.3. The summed E-state index contributed by atoms with van der Waals surface area (Å²) in [5.74, 6) is 0.389. The quantitative estimate of drug-likeness (QED) is 0.936. The summed E-state index contributed by atoms with van der Waals surface area (Å²) in [6, 6.07) is 0. The zero-order valence-electron chi connectivity index (χ0n) is 11.3. The Labute approximate surface area is 116 Å². The Hall–Kier alpha value is -1.43. The van der Waals surface area contributed by atoms with Crippen LogP contribution < -0.4 is 5.32 Å². The minimum atomic E-state index is 0.179. The van der Waals surface area contributed by atoms with Crippen LogP contribution in [0.4, 0.5) is 0 Å². The van der Waals surface area contributed by atoms with Crippen LogP contribution in [0.3, 0.4) is 0 Å². The van der Waals surface area contributed by atoms with Crippen LogP contribution >= 0.6 is 11.3 Å². The summed E-state index contributed by atoms with van der Waals surface area (Å²) in [6.45, 7) is 4.45. The maximum Gasteiger partial charge on any atom is 0.223 e. The molecule has 1 saturated carbocycles. The fraction of sp³-hybridized carbons (Fsp3) is 0.615. The highest BCUT2D eigenvalue weighted by atomic mass is 32.1. The lowest BCUT2D eigenvalue weighted by Gasteiger charge is -2.09. The monoisotopic (exact) mass is 278 g/mol. The lowest BCUT2D eigenvalue weighted by molar-refractivity contribution is -0.124. The van der Waals surface area contributed by atoms with Gasteiger partial charge < -0.3 is 5.32 Å². The number of carbonyl (C=O) groups is 1. The second-order valence-electron chi connectivity index (χ2n) is 5.16. The molecule has 1 N–H and O–H groups in total. The van der Waals surface area contributed by atoms with Crippen molar-refractivity contribution in [2.24, 2.45) is 5.92 Å². The van der Waals surface area contributed by atoms with Crippen molar-refractivity contribution in [3.05, 3.63) is 16.4 Å². The summed E-state index contributed by atoms with van der Waals surface area (Å²) in [7, 11) is 0. The van der Waals surface area contributed by atoms with Gasteiger partial charge in [-0.25, -0.2) is 9.50 Å². The Kier molecular flexibility index (Phi) is 3.26. The standard InChI is InChI=1S/C13H18N4OS/c1-8-11(17-13(15-8)19-9(2)16-17)7-14-12(18)10-5-3-4-6-10/h10H,3-7H2,1-2H3,(H,14,18). The molecule has 6 heteroatoms. The summed E-state index contributed by atoms with van der Waals surface area (Å²) in [6.07, 6.45) is 4.42. The van der Waals surface area contributed by atoms with Crippen LogP contribution in [0.15, 0.2) is 0 Å². The van der Waals surface area contributed by atoms with E-state index in [0.29, 0.717) is 6.54 Å². The predicted octanol–water partition coefficient (Wildman–Crippen LogP) is 2.21. The van der Waals surface area contributed by atoms with Crippen molar-refractivity contribution in [2.75, 3.05) is 0 Å². The molecule has 2 aromatic heterocycles. The van der Waals surface area contributed by atoms with E-state index >= 15 is 0 Å². The highest BCUT2D eigenvalue weighted by Gasteiger charge is 2.23. The van der Waals surface area contributed by atoms with Crippen molar-refractivity contribution in [3.8, 4) is 0 Å². The number of carbonyl (C=O) groups excluding carboxylic acids is 1. The molecule has 2 aromatic rings. The van der Waals surface area contributed by atoms with E-state index in [2.05, 4.69) is 15.4 Å². The van der Waals surface area contributed by atoms with Gasteiger partial charge in [0.25, 0.3) is 0 Å². The Morgan fingerprint density at radius 3 is 2.89 bits per heavy atom. The van der Waals surface area contributed by atoms with Crippen LogP contribution in [0.2, 0.25) is 0 Å². The zero-order valence-corrected chi connectivity index (χ0v) is 12.1. The van der Waals surface area contributed by atoms with E-state index < -0.39 is 0 Å². The SMILES string of the molecule is Cc1nn2c(CNC(=O)C3CCCC3)c(C)nc2s1. The number of hydrogen-bond donors (Lipinski definition) is 1. The van der Waals surface area contributed by atoms with Gasteiger partial charge in [-0.3, -0.25) is 4.79 Å². The number of nitrogens with one attached hydrogen (secondary N) is 1. The average molecular weight is 278 g/mol. The van der Waals surface area contributed by atoms with E-state index in [0.717, 1.165) is 34.2 Å². The van der Waals surface area contributed by atoms with E-state index in [1.807, 2.05) is 18.4 Å². The number of fused-ring (bicyclic) bond motifs is 1. The molecule has 0 spiro atoms. The van der Waals surface area contributed by atoms with Crippen LogP contribution in [0.25, 0.3) is 4.96 Å². The number of hydrogen-bond acceptors (Lipinski definition) is 4.